The van der Waals surface area contributed by atoms with Gasteiger partial charge in [0.1, 0.15) is 0 Å². The number of nitrogens with zero attached hydrogens (tertiary/aromatic N) is 1. The lowest BCUT2D eigenvalue weighted by Crippen LogP contribution is -2.48. The van der Waals surface area contributed by atoms with Crippen LogP contribution in [0.15, 0.2) is 42.5 Å². The average Bonchev–Trinajstić information content (AvgIpc) is 2.69. The van der Waals surface area contributed by atoms with Crippen LogP contribution in [-0.2, 0) is 18.5 Å². The number of halogens is 1. The van der Waals surface area contributed by atoms with Crippen LogP contribution >= 0.6 is 11.6 Å². The maximum Gasteiger partial charge on any atom is 0.0447 e. The summed E-state index contributed by atoms with van der Waals surface area (Å²) in [7, 11) is 0. The van der Waals surface area contributed by atoms with Crippen molar-refractivity contribution in [2.75, 3.05) is 19.6 Å². The summed E-state index contributed by atoms with van der Waals surface area (Å²) in [6.45, 7) is 6.57. The molecule has 1 atom stereocenters. The van der Waals surface area contributed by atoms with Gasteiger partial charge in [-0.05, 0) is 67.5 Å². The number of benzene rings is 2. The molecule has 2 aliphatic heterocycles. The third-order valence-corrected chi connectivity index (χ3v) is 6.69. The molecule has 2 aromatic carbocycles. The van der Waals surface area contributed by atoms with E-state index >= 15 is 0 Å². The Kier molecular flexibility index (Phi) is 5.35. The van der Waals surface area contributed by atoms with Gasteiger partial charge in [-0.3, -0.25) is 4.90 Å². The molecule has 138 valence electrons. The van der Waals surface area contributed by atoms with Gasteiger partial charge in [0.15, 0.2) is 0 Å². The van der Waals surface area contributed by atoms with Gasteiger partial charge in [0.25, 0.3) is 0 Å². The Bertz CT molecular complexity index is 765. The molecule has 0 amide bonds. The molecule has 1 saturated heterocycles. The third kappa shape index (κ3) is 3.69. The fourth-order valence-electron chi connectivity index (χ4n) is 4.56. The van der Waals surface area contributed by atoms with Gasteiger partial charge in [-0.2, -0.15) is 0 Å². The lowest BCUT2D eigenvalue weighted by Gasteiger charge is -2.41. The first kappa shape index (κ1) is 18.0. The molecule has 0 aromatic heterocycles. The number of hydrogen-bond acceptors (Lipinski definition) is 2. The minimum atomic E-state index is 0.0759. The maximum absolute atomic E-state index is 6.46. The predicted octanol–water partition coefficient (Wildman–Crippen LogP) is 5.07. The van der Waals surface area contributed by atoms with Crippen molar-refractivity contribution in [3.8, 4) is 0 Å². The van der Waals surface area contributed by atoms with Crippen molar-refractivity contribution in [1.29, 1.82) is 0 Å². The maximum atomic E-state index is 6.46. The van der Waals surface area contributed by atoms with Crippen molar-refractivity contribution in [2.24, 2.45) is 0 Å². The summed E-state index contributed by atoms with van der Waals surface area (Å²) in [6.07, 6.45) is 6.10. The van der Waals surface area contributed by atoms with Crippen LogP contribution < -0.4 is 5.32 Å². The number of nitrogens with one attached hydrogen (secondary N) is 1. The van der Waals surface area contributed by atoms with Crippen LogP contribution in [0, 0.1) is 6.92 Å². The van der Waals surface area contributed by atoms with Crippen molar-refractivity contribution in [1.82, 2.24) is 10.2 Å². The van der Waals surface area contributed by atoms with Gasteiger partial charge >= 0.3 is 0 Å². The van der Waals surface area contributed by atoms with Crippen molar-refractivity contribution in [3.63, 3.8) is 0 Å². The van der Waals surface area contributed by atoms with E-state index in [1.54, 1.807) is 0 Å². The van der Waals surface area contributed by atoms with Crippen LogP contribution in [0.4, 0.5) is 0 Å². The molecular formula is C23H29ClN2. The molecule has 4 rings (SSSR count). The molecule has 1 fully saturated rings. The lowest BCUT2D eigenvalue weighted by atomic mass is 9.79. The van der Waals surface area contributed by atoms with E-state index in [-0.39, 0.29) is 5.54 Å². The van der Waals surface area contributed by atoms with Crippen molar-refractivity contribution >= 4 is 11.6 Å². The predicted molar refractivity (Wildman–Crippen MR) is 110 cm³/mol. The second-order valence-corrected chi connectivity index (χ2v) is 8.38. The van der Waals surface area contributed by atoms with Crippen molar-refractivity contribution in [3.05, 3.63) is 69.7 Å². The lowest BCUT2D eigenvalue weighted by molar-refractivity contribution is 0.177. The highest BCUT2D eigenvalue weighted by atomic mass is 35.5. The molecule has 0 bridgehead atoms. The second kappa shape index (κ2) is 7.72. The van der Waals surface area contributed by atoms with E-state index in [1.165, 1.54) is 48.9 Å². The first-order valence-corrected chi connectivity index (χ1v) is 10.3. The Morgan fingerprint density at radius 1 is 1.12 bits per heavy atom. The first-order chi connectivity index (χ1) is 12.7. The minimum Gasteiger partial charge on any atom is -0.307 e. The summed E-state index contributed by atoms with van der Waals surface area (Å²) in [6, 6.07) is 15.6. The quantitative estimate of drug-likeness (QED) is 0.810. The van der Waals surface area contributed by atoms with Gasteiger partial charge in [-0.25, -0.2) is 0 Å². The van der Waals surface area contributed by atoms with Crippen LogP contribution in [0.1, 0.15) is 47.9 Å². The van der Waals surface area contributed by atoms with Gasteiger partial charge in [0.2, 0.25) is 0 Å². The highest BCUT2D eigenvalue weighted by molar-refractivity contribution is 6.31. The van der Waals surface area contributed by atoms with E-state index in [9.17, 15) is 0 Å². The van der Waals surface area contributed by atoms with E-state index in [1.807, 2.05) is 0 Å². The van der Waals surface area contributed by atoms with E-state index in [2.05, 4.69) is 59.6 Å². The third-order valence-electron chi connectivity index (χ3n) is 6.28. The van der Waals surface area contributed by atoms with Gasteiger partial charge in [0, 0.05) is 30.2 Å². The standard InChI is InChI=1S/C23H29ClN2/c1-18-8-9-21(16-22(18)24)23(11-4-5-13-25-23)12-15-26-14-10-19-6-2-3-7-20(19)17-26/h2-3,6-9,16,25H,4-5,10-15,17H2,1H3. The summed E-state index contributed by atoms with van der Waals surface area (Å²) in [5.74, 6) is 0. The largest absolute Gasteiger partial charge is 0.307 e. The fraction of sp³-hybridized carbons (Fsp3) is 0.478. The van der Waals surface area contributed by atoms with Crippen LogP contribution in [0.5, 0.6) is 0 Å². The molecule has 0 radical (unpaired) electrons. The van der Waals surface area contributed by atoms with E-state index in [0.29, 0.717) is 0 Å². The molecule has 26 heavy (non-hydrogen) atoms. The van der Waals surface area contributed by atoms with E-state index in [0.717, 1.165) is 36.6 Å². The van der Waals surface area contributed by atoms with Crippen LogP contribution in [0.25, 0.3) is 0 Å². The van der Waals surface area contributed by atoms with Crippen molar-refractivity contribution in [2.45, 2.75) is 51.1 Å². The smallest absolute Gasteiger partial charge is 0.0447 e. The molecule has 0 spiro atoms. The molecule has 1 unspecified atom stereocenters. The number of hydrogen-bond donors (Lipinski definition) is 1. The molecule has 3 heteroatoms. The number of aryl methyl sites for hydroxylation is 1. The Hall–Kier alpha value is -1.35. The van der Waals surface area contributed by atoms with Crippen LogP contribution in [-0.4, -0.2) is 24.5 Å². The minimum absolute atomic E-state index is 0.0759. The number of piperidine rings is 1. The van der Waals surface area contributed by atoms with Crippen LogP contribution in [0.3, 0.4) is 0 Å². The van der Waals surface area contributed by atoms with Gasteiger partial charge in [-0.1, -0.05) is 54.4 Å². The Morgan fingerprint density at radius 3 is 2.73 bits per heavy atom. The Morgan fingerprint density at radius 2 is 1.96 bits per heavy atom. The summed E-state index contributed by atoms with van der Waals surface area (Å²) in [5.41, 5.74) is 5.63. The number of rotatable bonds is 4. The summed E-state index contributed by atoms with van der Waals surface area (Å²) >= 11 is 6.46. The molecule has 2 heterocycles. The highest BCUT2D eigenvalue weighted by Crippen LogP contribution is 2.36. The zero-order valence-corrected chi connectivity index (χ0v) is 16.5. The summed E-state index contributed by atoms with van der Waals surface area (Å²) in [5, 5.41) is 4.76. The van der Waals surface area contributed by atoms with Gasteiger partial charge in [0.05, 0.1) is 0 Å². The highest BCUT2D eigenvalue weighted by Gasteiger charge is 2.34. The monoisotopic (exact) mass is 368 g/mol. The molecule has 2 nitrogen and oxygen atoms in total. The summed E-state index contributed by atoms with van der Waals surface area (Å²) < 4.78 is 0. The van der Waals surface area contributed by atoms with E-state index < -0.39 is 0 Å². The molecule has 0 saturated carbocycles. The topological polar surface area (TPSA) is 15.3 Å². The molecule has 0 aliphatic carbocycles. The molecule has 1 N–H and O–H groups in total. The van der Waals surface area contributed by atoms with Gasteiger partial charge < -0.3 is 5.32 Å². The van der Waals surface area contributed by atoms with Crippen molar-refractivity contribution < 1.29 is 0 Å². The first-order valence-electron chi connectivity index (χ1n) is 9.97. The normalized spacial score (nSPS) is 23.6. The Labute approximate surface area is 162 Å². The zero-order chi connectivity index (χ0) is 18.0. The van der Waals surface area contributed by atoms with E-state index in [4.69, 9.17) is 11.6 Å². The summed E-state index contributed by atoms with van der Waals surface area (Å²) in [4.78, 5) is 2.62. The molecule has 2 aromatic rings. The number of fused-ring (bicyclic) bond motifs is 1. The zero-order valence-electron chi connectivity index (χ0n) is 15.7. The Balaban J connectivity index is 1.50. The fourth-order valence-corrected chi connectivity index (χ4v) is 4.74. The SMILES string of the molecule is Cc1ccc(C2(CCN3CCc4ccccc4C3)CCCCN2)cc1Cl. The van der Waals surface area contributed by atoms with Gasteiger partial charge in [-0.15, -0.1) is 0 Å². The average molecular weight is 369 g/mol. The molecular weight excluding hydrogens is 340 g/mol. The second-order valence-electron chi connectivity index (χ2n) is 7.97. The molecule has 2 aliphatic rings. The van der Waals surface area contributed by atoms with Crippen LogP contribution in [0.2, 0.25) is 5.02 Å².